The Hall–Kier alpha value is -4.55. The summed E-state index contributed by atoms with van der Waals surface area (Å²) >= 11 is 5.79. The lowest BCUT2D eigenvalue weighted by Crippen LogP contribution is -2.38. The van der Waals surface area contributed by atoms with Gasteiger partial charge in [-0.2, -0.15) is 0 Å². The molecule has 3 aromatic heterocycles. The number of benzene rings is 2. The first-order valence-corrected chi connectivity index (χ1v) is 15.9. The standard InChI is InChI=1S/C34H35ClF2N6O4/c1-2-42-21-38-17-24(42)18-43-30-15-22(4-10-34(44)45)3-7-28(30)39-32(43)19-41-13-11-25(12-14-41)47-33-9-6-26(36)29(40-33)20-46-31-8-5-23(35)16-27(31)37/h3,5-9,15-17,21,25H,2,4,10-14,18-20H2,1H3,(H,44,45). The largest absolute Gasteiger partial charge is 0.484 e. The summed E-state index contributed by atoms with van der Waals surface area (Å²) in [6.07, 6.45) is 5.58. The third kappa shape index (κ3) is 7.88. The number of carboxylic acids is 1. The first-order chi connectivity index (χ1) is 22.7. The van der Waals surface area contributed by atoms with Crippen molar-refractivity contribution in [3.8, 4) is 11.6 Å². The summed E-state index contributed by atoms with van der Waals surface area (Å²) < 4.78 is 44.5. The number of imidazole rings is 2. The van der Waals surface area contributed by atoms with E-state index in [1.165, 1.54) is 24.3 Å². The fourth-order valence-corrected chi connectivity index (χ4v) is 5.93. The van der Waals surface area contributed by atoms with E-state index < -0.39 is 17.6 Å². The number of nitrogens with zero attached hydrogens (tertiary/aromatic N) is 6. The van der Waals surface area contributed by atoms with E-state index >= 15 is 0 Å². The van der Waals surface area contributed by atoms with Crippen LogP contribution in [0.2, 0.25) is 5.02 Å². The molecule has 1 saturated heterocycles. The molecule has 0 unspecified atom stereocenters. The summed E-state index contributed by atoms with van der Waals surface area (Å²) in [4.78, 5) is 27.1. The monoisotopic (exact) mass is 664 g/mol. The van der Waals surface area contributed by atoms with Crippen molar-refractivity contribution in [1.29, 1.82) is 0 Å². The Labute approximate surface area is 275 Å². The smallest absolute Gasteiger partial charge is 0.303 e. The molecule has 0 aliphatic carbocycles. The number of hydrogen-bond acceptors (Lipinski definition) is 7. The number of carbonyl (C=O) groups is 1. The van der Waals surface area contributed by atoms with E-state index in [2.05, 4.69) is 30.9 Å². The molecule has 4 heterocycles. The van der Waals surface area contributed by atoms with Gasteiger partial charge in [-0.15, -0.1) is 0 Å². The van der Waals surface area contributed by atoms with Crippen LogP contribution in [-0.4, -0.2) is 59.3 Å². The van der Waals surface area contributed by atoms with E-state index in [0.717, 1.165) is 66.7 Å². The van der Waals surface area contributed by atoms with Crippen molar-refractivity contribution in [1.82, 2.24) is 29.0 Å². The molecule has 1 aliphatic rings. The van der Waals surface area contributed by atoms with E-state index in [9.17, 15) is 18.7 Å². The van der Waals surface area contributed by atoms with Gasteiger partial charge in [-0.25, -0.2) is 23.7 Å². The van der Waals surface area contributed by atoms with Gasteiger partial charge in [0.15, 0.2) is 11.6 Å². The molecule has 0 amide bonds. The molecule has 0 saturated carbocycles. The lowest BCUT2D eigenvalue weighted by molar-refractivity contribution is -0.136. The predicted molar refractivity (Wildman–Crippen MR) is 172 cm³/mol. The number of pyridine rings is 1. The zero-order valence-electron chi connectivity index (χ0n) is 25.9. The van der Waals surface area contributed by atoms with E-state index in [1.54, 1.807) is 0 Å². The molecule has 1 fully saturated rings. The predicted octanol–water partition coefficient (Wildman–Crippen LogP) is 6.27. The number of aromatic nitrogens is 5. The molecule has 0 spiro atoms. The molecule has 1 N–H and O–H groups in total. The molecule has 1 aliphatic heterocycles. The van der Waals surface area contributed by atoms with Crippen molar-refractivity contribution in [3.05, 3.63) is 100 Å². The Morgan fingerprint density at radius 3 is 2.64 bits per heavy atom. The van der Waals surface area contributed by atoms with Gasteiger partial charge in [-0.05, 0) is 68.1 Å². The fraction of sp³-hybridized carbons (Fsp3) is 0.353. The normalized spacial score (nSPS) is 14.1. The van der Waals surface area contributed by atoms with Crippen molar-refractivity contribution in [2.45, 2.75) is 65.0 Å². The van der Waals surface area contributed by atoms with Crippen LogP contribution >= 0.6 is 11.6 Å². The summed E-state index contributed by atoms with van der Waals surface area (Å²) in [6, 6.07) is 12.7. The summed E-state index contributed by atoms with van der Waals surface area (Å²) in [7, 11) is 0. The zero-order chi connectivity index (χ0) is 32.9. The summed E-state index contributed by atoms with van der Waals surface area (Å²) in [5.74, 6) is -0.874. The molecule has 0 atom stereocenters. The minimum Gasteiger partial charge on any atom is -0.484 e. The Morgan fingerprint density at radius 1 is 1.04 bits per heavy atom. The van der Waals surface area contributed by atoms with Crippen molar-refractivity contribution in [3.63, 3.8) is 0 Å². The lowest BCUT2D eigenvalue weighted by Gasteiger charge is -2.31. The average molecular weight is 665 g/mol. The third-order valence-corrected chi connectivity index (χ3v) is 8.55. The number of hydrogen-bond donors (Lipinski definition) is 1. The Kier molecular flexibility index (Phi) is 9.98. The molecule has 0 radical (unpaired) electrons. The maximum absolute atomic E-state index is 14.5. The second kappa shape index (κ2) is 14.5. The lowest BCUT2D eigenvalue weighted by atomic mass is 10.1. The van der Waals surface area contributed by atoms with Crippen LogP contribution in [0.25, 0.3) is 11.0 Å². The van der Waals surface area contributed by atoms with Gasteiger partial charge < -0.3 is 23.7 Å². The number of rotatable bonds is 13. The first-order valence-electron chi connectivity index (χ1n) is 15.6. The Balaban J connectivity index is 1.11. The van der Waals surface area contributed by atoms with Crippen molar-refractivity contribution in [2.75, 3.05) is 13.1 Å². The van der Waals surface area contributed by atoms with Crippen LogP contribution < -0.4 is 9.47 Å². The maximum Gasteiger partial charge on any atom is 0.303 e. The fourth-order valence-electron chi connectivity index (χ4n) is 5.77. The van der Waals surface area contributed by atoms with Crippen LogP contribution in [0.4, 0.5) is 8.78 Å². The summed E-state index contributed by atoms with van der Waals surface area (Å²) in [5, 5.41) is 9.42. The second-order valence-corrected chi connectivity index (χ2v) is 12.0. The molecule has 6 rings (SSSR count). The highest BCUT2D eigenvalue weighted by Crippen LogP contribution is 2.26. The molecule has 0 bridgehead atoms. The molecule has 5 aromatic rings. The van der Waals surface area contributed by atoms with Gasteiger partial charge in [0.25, 0.3) is 0 Å². The number of piperidine rings is 1. The zero-order valence-corrected chi connectivity index (χ0v) is 26.7. The van der Waals surface area contributed by atoms with Gasteiger partial charge >= 0.3 is 5.97 Å². The SMILES string of the molecule is CCn1cncc1Cn1c(CN2CCC(Oc3ccc(F)c(COc4ccc(Cl)cc4F)n3)CC2)nc2ccc(CCC(=O)O)cc21. The van der Waals surface area contributed by atoms with Crippen molar-refractivity contribution in [2.24, 2.45) is 0 Å². The van der Waals surface area contributed by atoms with Crippen LogP contribution in [0.1, 0.15) is 49.0 Å². The number of carboxylic acid groups (broad SMARTS) is 1. The molecular formula is C34H35ClF2N6O4. The van der Waals surface area contributed by atoms with E-state index in [0.29, 0.717) is 19.5 Å². The molecule has 47 heavy (non-hydrogen) atoms. The van der Waals surface area contributed by atoms with Gasteiger partial charge in [0, 0.05) is 43.3 Å². The number of halogens is 3. The number of fused-ring (bicyclic) bond motifs is 1. The number of likely N-dealkylation sites (tertiary alicyclic amines) is 1. The van der Waals surface area contributed by atoms with Crippen LogP contribution in [0.5, 0.6) is 11.6 Å². The minimum absolute atomic E-state index is 0.0173. The highest BCUT2D eigenvalue weighted by Gasteiger charge is 2.24. The maximum atomic E-state index is 14.5. The molecule has 10 nitrogen and oxygen atoms in total. The van der Waals surface area contributed by atoms with Gasteiger partial charge in [0.1, 0.15) is 30.0 Å². The molecule has 246 valence electrons. The van der Waals surface area contributed by atoms with Crippen molar-refractivity contribution < 1.29 is 28.2 Å². The van der Waals surface area contributed by atoms with Crippen LogP contribution in [0, 0.1) is 11.6 Å². The Bertz CT molecular complexity index is 1870. The number of ether oxygens (including phenoxy) is 2. The number of aryl methyl sites for hydroxylation is 2. The first kappa shape index (κ1) is 32.4. The average Bonchev–Trinajstić information content (AvgIpc) is 3.65. The van der Waals surface area contributed by atoms with Crippen molar-refractivity contribution >= 4 is 28.6 Å². The minimum atomic E-state index is -0.825. The van der Waals surface area contributed by atoms with E-state index in [1.807, 2.05) is 30.7 Å². The molecular weight excluding hydrogens is 630 g/mol. The second-order valence-electron chi connectivity index (χ2n) is 11.5. The topological polar surface area (TPSA) is 108 Å². The van der Waals surface area contributed by atoms with Gasteiger partial charge in [-0.1, -0.05) is 17.7 Å². The highest BCUT2D eigenvalue weighted by molar-refractivity contribution is 6.30. The third-order valence-electron chi connectivity index (χ3n) is 8.32. The van der Waals surface area contributed by atoms with Gasteiger partial charge in [-0.3, -0.25) is 9.69 Å². The molecule has 2 aromatic carbocycles. The number of aliphatic carboxylic acids is 1. The summed E-state index contributed by atoms with van der Waals surface area (Å²) in [6.45, 7) is 5.36. The molecule has 13 heteroatoms. The van der Waals surface area contributed by atoms with Gasteiger partial charge in [0.2, 0.25) is 5.88 Å². The highest BCUT2D eigenvalue weighted by atomic mass is 35.5. The van der Waals surface area contributed by atoms with Crippen LogP contribution in [-0.2, 0) is 37.5 Å². The van der Waals surface area contributed by atoms with Crippen LogP contribution in [0.15, 0.2) is 61.1 Å². The van der Waals surface area contributed by atoms with Crippen LogP contribution in [0.3, 0.4) is 0 Å². The van der Waals surface area contributed by atoms with Gasteiger partial charge in [0.05, 0.1) is 36.1 Å². The quantitative estimate of drug-likeness (QED) is 0.157. The Morgan fingerprint density at radius 2 is 1.87 bits per heavy atom. The summed E-state index contributed by atoms with van der Waals surface area (Å²) in [5.41, 5.74) is 3.86. The van der Waals surface area contributed by atoms with E-state index in [-0.39, 0.29) is 41.5 Å². The van der Waals surface area contributed by atoms with E-state index in [4.69, 9.17) is 26.1 Å².